The zero-order valence-electron chi connectivity index (χ0n) is 6.34. The van der Waals surface area contributed by atoms with Gasteiger partial charge in [-0.25, -0.2) is 4.39 Å². The number of halogens is 1. The highest BCUT2D eigenvalue weighted by molar-refractivity contribution is 4.66. The van der Waals surface area contributed by atoms with Crippen LogP contribution in [-0.2, 0) is 9.47 Å². The lowest BCUT2D eigenvalue weighted by Gasteiger charge is -2.30. The molecule has 2 nitrogen and oxygen atoms in total. The second-order valence-electron chi connectivity index (χ2n) is 2.66. The van der Waals surface area contributed by atoms with Crippen molar-refractivity contribution >= 4 is 0 Å². The zero-order chi connectivity index (χ0) is 7.56. The Bertz CT molecular complexity index is 97.8. The van der Waals surface area contributed by atoms with E-state index in [4.69, 9.17) is 9.47 Å². The quantitative estimate of drug-likeness (QED) is 0.561. The molecule has 0 amide bonds. The molecule has 0 aromatic heterocycles. The fraction of sp³-hybridized carbons (Fsp3) is 1.00. The molecule has 0 spiro atoms. The van der Waals surface area contributed by atoms with E-state index in [2.05, 4.69) is 0 Å². The van der Waals surface area contributed by atoms with Gasteiger partial charge in [0.1, 0.15) is 6.67 Å². The maximum absolute atomic E-state index is 12.0. The van der Waals surface area contributed by atoms with Gasteiger partial charge < -0.3 is 9.47 Å². The molecule has 1 aliphatic rings. The summed E-state index contributed by atoms with van der Waals surface area (Å²) in [7, 11) is 0. The predicted octanol–water partition coefficient (Wildman–Crippen LogP) is 1.50. The molecular formula is C7H13FO2. The van der Waals surface area contributed by atoms with Crippen LogP contribution in [0.3, 0.4) is 0 Å². The summed E-state index contributed by atoms with van der Waals surface area (Å²) >= 11 is 0. The van der Waals surface area contributed by atoms with Gasteiger partial charge in [0, 0.05) is 6.42 Å². The molecule has 0 unspecified atom stereocenters. The largest absolute Gasteiger partial charge is 0.350 e. The van der Waals surface area contributed by atoms with E-state index in [9.17, 15) is 4.39 Å². The highest BCUT2D eigenvalue weighted by Crippen LogP contribution is 2.17. The second kappa shape index (κ2) is 3.30. The van der Waals surface area contributed by atoms with Gasteiger partial charge >= 0.3 is 0 Å². The summed E-state index contributed by atoms with van der Waals surface area (Å²) in [5, 5.41) is 0. The summed E-state index contributed by atoms with van der Waals surface area (Å²) in [6, 6.07) is 0. The van der Waals surface area contributed by atoms with Crippen molar-refractivity contribution in [1.29, 1.82) is 0 Å². The van der Waals surface area contributed by atoms with Gasteiger partial charge in [-0.1, -0.05) is 0 Å². The standard InChI is InChI=1S/C7H13FO2/c1-5-3-7(4-8)10-6(2)9-5/h5-7H,3-4H2,1-2H3/t5-,6+,7-/m0/s1. The SMILES string of the molecule is C[C@H]1O[C@H](CF)C[C@H](C)O1. The Morgan fingerprint density at radius 3 is 2.60 bits per heavy atom. The Morgan fingerprint density at radius 2 is 2.10 bits per heavy atom. The van der Waals surface area contributed by atoms with Gasteiger partial charge in [0.2, 0.25) is 0 Å². The summed E-state index contributed by atoms with van der Waals surface area (Å²) in [4.78, 5) is 0. The van der Waals surface area contributed by atoms with Crippen molar-refractivity contribution in [1.82, 2.24) is 0 Å². The molecular weight excluding hydrogens is 135 g/mol. The minimum Gasteiger partial charge on any atom is -0.350 e. The normalized spacial score (nSPS) is 41.7. The first-order valence-electron chi connectivity index (χ1n) is 3.59. The van der Waals surface area contributed by atoms with Crippen molar-refractivity contribution in [2.75, 3.05) is 6.67 Å². The van der Waals surface area contributed by atoms with Crippen LogP contribution in [0.2, 0.25) is 0 Å². The van der Waals surface area contributed by atoms with Gasteiger partial charge in [0.25, 0.3) is 0 Å². The van der Waals surface area contributed by atoms with Crippen molar-refractivity contribution in [2.24, 2.45) is 0 Å². The third-order valence-corrected chi connectivity index (χ3v) is 1.57. The first-order chi connectivity index (χ1) is 4.72. The summed E-state index contributed by atoms with van der Waals surface area (Å²) in [6.07, 6.45) is 0.300. The molecule has 10 heavy (non-hydrogen) atoms. The van der Waals surface area contributed by atoms with E-state index in [1.807, 2.05) is 6.92 Å². The molecule has 0 radical (unpaired) electrons. The van der Waals surface area contributed by atoms with Crippen LogP contribution in [0.1, 0.15) is 20.3 Å². The Balaban J connectivity index is 2.35. The van der Waals surface area contributed by atoms with Gasteiger partial charge in [-0.15, -0.1) is 0 Å². The highest BCUT2D eigenvalue weighted by atomic mass is 19.1. The predicted molar refractivity (Wildman–Crippen MR) is 35.5 cm³/mol. The fourth-order valence-corrected chi connectivity index (χ4v) is 1.21. The molecule has 1 rings (SSSR count). The Hall–Kier alpha value is -0.150. The van der Waals surface area contributed by atoms with Crippen molar-refractivity contribution in [3.05, 3.63) is 0 Å². The van der Waals surface area contributed by atoms with Crippen LogP contribution in [0.25, 0.3) is 0 Å². The van der Waals surface area contributed by atoms with Gasteiger partial charge in [0.05, 0.1) is 12.2 Å². The van der Waals surface area contributed by atoms with Crippen LogP contribution in [-0.4, -0.2) is 25.2 Å². The topological polar surface area (TPSA) is 18.5 Å². The molecule has 0 aromatic carbocycles. The monoisotopic (exact) mass is 148 g/mol. The molecule has 1 heterocycles. The fourth-order valence-electron chi connectivity index (χ4n) is 1.21. The molecule has 1 aliphatic heterocycles. The number of hydrogen-bond donors (Lipinski definition) is 0. The lowest BCUT2D eigenvalue weighted by atomic mass is 10.2. The van der Waals surface area contributed by atoms with Gasteiger partial charge in [-0.2, -0.15) is 0 Å². The van der Waals surface area contributed by atoms with E-state index < -0.39 is 6.67 Å². The molecule has 0 aliphatic carbocycles. The van der Waals surface area contributed by atoms with E-state index >= 15 is 0 Å². The summed E-state index contributed by atoms with van der Waals surface area (Å²) in [5.74, 6) is 0. The van der Waals surface area contributed by atoms with Crippen LogP contribution < -0.4 is 0 Å². The first kappa shape index (κ1) is 7.95. The molecule has 3 heteroatoms. The van der Waals surface area contributed by atoms with Crippen LogP contribution in [0.5, 0.6) is 0 Å². The molecule has 1 saturated heterocycles. The van der Waals surface area contributed by atoms with Gasteiger partial charge in [-0.3, -0.25) is 0 Å². The lowest BCUT2D eigenvalue weighted by molar-refractivity contribution is -0.231. The third kappa shape index (κ3) is 1.92. The van der Waals surface area contributed by atoms with E-state index in [1.54, 1.807) is 6.92 Å². The summed E-state index contributed by atoms with van der Waals surface area (Å²) in [6.45, 7) is 3.32. The summed E-state index contributed by atoms with van der Waals surface area (Å²) < 4.78 is 22.4. The first-order valence-corrected chi connectivity index (χ1v) is 3.59. The smallest absolute Gasteiger partial charge is 0.155 e. The highest BCUT2D eigenvalue weighted by Gasteiger charge is 2.24. The van der Waals surface area contributed by atoms with Gasteiger partial charge in [-0.05, 0) is 13.8 Å². The maximum atomic E-state index is 12.0. The van der Waals surface area contributed by atoms with E-state index in [-0.39, 0.29) is 18.5 Å². The van der Waals surface area contributed by atoms with Crippen molar-refractivity contribution in [3.8, 4) is 0 Å². The third-order valence-electron chi connectivity index (χ3n) is 1.57. The second-order valence-corrected chi connectivity index (χ2v) is 2.66. The average Bonchev–Trinajstić information content (AvgIpc) is 1.85. The zero-order valence-corrected chi connectivity index (χ0v) is 6.34. The number of hydrogen-bond acceptors (Lipinski definition) is 2. The molecule has 0 saturated carbocycles. The minimum absolute atomic E-state index is 0.129. The molecule has 0 bridgehead atoms. The number of ether oxygens (including phenoxy) is 2. The van der Waals surface area contributed by atoms with E-state index in [0.29, 0.717) is 6.42 Å². The molecule has 60 valence electrons. The molecule has 0 aromatic rings. The minimum atomic E-state index is -0.405. The van der Waals surface area contributed by atoms with Crippen LogP contribution in [0, 0.1) is 0 Å². The maximum Gasteiger partial charge on any atom is 0.155 e. The van der Waals surface area contributed by atoms with Crippen molar-refractivity contribution in [2.45, 2.75) is 38.8 Å². The van der Waals surface area contributed by atoms with E-state index in [1.165, 1.54) is 0 Å². The molecule has 3 atom stereocenters. The van der Waals surface area contributed by atoms with Gasteiger partial charge in [0.15, 0.2) is 6.29 Å². The van der Waals surface area contributed by atoms with Crippen molar-refractivity contribution in [3.63, 3.8) is 0 Å². The lowest BCUT2D eigenvalue weighted by Crippen LogP contribution is -2.36. The van der Waals surface area contributed by atoms with Crippen LogP contribution in [0.15, 0.2) is 0 Å². The Kier molecular flexibility index (Phi) is 2.63. The van der Waals surface area contributed by atoms with E-state index in [0.717, 1.165) is 0 Å². The van der Waals surface area contributed by atoms with Crippen molar-refractivity contribution < 1.29 is 13.9 Å². The van der Waals surface area contributed by atoms with Crippen LogP contribution >= 0.6 is 0 Å². The van der Waals surface area contributed by atoms with Crippen LogP contribution in [0.4, 0.5) is 4.39 Å². The molecule has 0 N–H and O–H groups in total. The summed E-state index contributed by atoms with van der Waals surface area (Å²) in [5.41, 5.74) is 0. The number of rotatable bonds is 1. The number of alkyl halides is 1. The average molecular weight is 148 g/mol. The molecule has 1 fully saturated rings. The Morgan fingerprint density at radius 1 is 1.40 bits per heavy atom. The Labute approximate surface area is 60.3 Å².